The Morgan fingerprint density at radius 3 is 2.32 bits per heavy atom. The Kier molecular flexibility index (Phi) is 9.80. The van der Waals surface area contributed by atoms with Crippen LogP contribution in [0.4, 0.5) is 8.78 Å². The molecule has 6 nitrogen and oxygen atoms in total. The largest absolute Gasteiger partial charge is 0.395 e. The highest BCUT2D eigenvalue weighted by atomic mass is 19.1. The number of carbonyl (C=O) groups is 1. The summed E-state index contributed by atoms with van der Waals surface area (Å²) in [5.41, 5.74) is 2.29. The van der Waals surface area contributed by atoms with Crippen LogP contribution in [0.2, 0.25) is 0 Å². The third-order valence-corrected chi connectivity index (χ3v) is 7.29. The molecule has 2 atom stereocenters. The number of amides is 1. The van der Waals surface area contributed by atoms with Crippen LogP contribution in [0.25, 0.3) is 0 Å². The summed E-state index contributed by atoms with van der Waals surface area (Å²) in [6.07, 6.45) is 0.669. The van der Waals surface area contributed by atoms with Crippen LogP contribution in [0.1, 0.15) is 57.2 Å². The molecule has 1 amide bonds. The van der Waals surface area contributed by atoms with E-state index in [2.05, 4.69) is 60.6 Å². The molecule has 0 spiro atoms. The molecule has 4 N–H and O–H groups in total. The van der Waals surface area contributed by atoms with Crippen LogP contribution in [0, 0.1) is 11.6 Å². The van der Waals surface area contributed by atoms with Crippen LogP contribution in [0.5, 0.6) is 0 Å². The zero-order valence-electron chi connectivity index (χ0n) is 22.4. The second kappa shape index (κ2) is 12.4. The van der Waals surface area contributed by atoms with Crippen LogP contribution < -0.4 is 10.6 Å². The fraction of sp³-hybridized carbons (Fsp3) is 0.552. The lowest BCUT2D eigenvalue weighted by atomic mass is 9.77. The molecular weight excluding hydrogens is 476 g/mol. The molecule has 37 heavy (non-hydrogen) atoms. The van der Waals surface area contributed by atoms with Gasteiger partial charge in [-0.25, -0.2) is 8.78 Å². The molecule has 1 aliphatic rings. The molecule has 0 radical (unpaired) electrons. The van der Waals surface area contributed by atoms with E-state index in [0.29, 0.717) is 12.1 Å². The number of aliphatic hydroxyl groups is 2. The molecular formula is C29H41F2N3O3. The molecule has 0 aromatic heterocycles. The van der Waals surface area contributed by atoms with Gasteiger partial charge in [-0.1, -0.05) is 45.0 Å². The number of halogens is 2. The number of benzene rings is 2. The highest BCUT2D eigenvalue weighted by Crippen LogP contribution is 2.35. The van der Waals surface area contributed by atoms with E-state index in [1.54, 1.807) is 0 Å². The molecule has 1 aliphatic heterocycles. The summed E-state index contributed by atoms with van der Waals surface area (Å²) in [4.78, 5) is 14.1. The van der Waals surface area contributed by atoms with Crippen molar-refractivity contribution in [1.29, 1.82) is 0 Å². The normalized spacial score (nSPS) is 17.8. The van der Waals surface area contributed by atoms with Crippen molar-refractivity contribution in [2.45, 2.75) is 70.1 Å². The lowest BCUT2D eigenvalue weighted by Crippen LogP contribution is -2.56. The zero-order valence-corrected chi connectivity index (χ0v) is 22.4. The topological polar surface area (TPSA) is 84.8 Å². The Bertz CT molecular complexity index is 1030. The van der Waals surface area contributed by atoms with Gasteiger partial charge in [-0.2, -0.15) is 0 Å². The van der Waals surface area contributed by atoms with Crippen LogP contribution >= 0.6 is 0 Å². The summed E-state index contributed by atoms with van der Waals surface area (Å²) in [5, 5.41) is 26.9. The summed E-state index contributed by atoms with van der Waals surface area (Å²) in [7, 11) is 0. The molecule has 2 unspecified atom stereocenters. The number of β-amino-alcohol motifs (C(OH)–C–C–N with tert-alkyl or cyclic N) is 1. The van der Waals surface area contributed by atoms with Gasteiger partial charge in [0.15, 0.2) is 0 Å². The summed E-state index contributed by atoms with van der Waals surface area (Å²) in [6, 6.07) is 11.0. The fourth-order valence-corrected chi connectivity index (χ4v) is 5.12. The first-order chi connectivity index (χ1) is 17.4. The van der Waals surface area contributed by atoms with E-state index >= 15 is 0 Å². The van der Waals surface area contributed by atoms with Crippen molar-refractivity contribution < 1.29 is 23.8 Å². The quantitative estimate of drug-likeness (QED) is 0.389. The first kappa shape index (κ1) is 29.2. The number of nitrogens with zero attached hydrogens (tertiary/aromatic N) is 1. The van der Waals surface area contributed by atoms with E-state index in [9.17, 15) is 23.8 Å². The molecule has 204 valence electrons. The van der Waals surface area contributed by atoms with Gasteiger partial charge in [-0.3, -0.25) is 4.79 Å². The van der Waals surface area contributed by atoms with E-state index in [-0.39, 0.29) is 30.9 Å². The van der Waals surface area contributed by atoms with Gasteiger partial charge < -0.3 is 25.7 Å². The maximum atomic E-state index is 13.8. The van der Waals surface area contributed by atoms with Gasteiger partial charge in [0, 0.05) is 44.7 Å². The predicted molar refractivity (Wildman–Crippen MR) is 141 cm³/mol. The third kappa shape index (κ3) is 8.04. The number of carbonyl (C=O) groups excluding carboxylic acids is 1. The summed E-state index contributed by atoms with van der Waals surface area (Å²) in [5.74, 6) is -1.72. The number of aliphatic hydroxyl groups excluding tert-OH is 2. The van der Waals surface area contributed by atoms with Gasteiger partial charge in [-0.15, -0.1) is 0 Å². The standard InChI is InChI=1S/C29H41F2N3O3/c1-20(36)33-26(16-21-14-24(30)18-25(31)15-21)27(37)19-32-29(8-10-34(11-9-29)12-13-35)23-7-5-6-22(17-23)28(2,3)4/h5-7,14-15,17-18,26-27,32,35,37H,8-13,16,19H2,1-4H3,(H,33,36). The van der Waals surface area contributed by atoms with Crippen molar-refractivity contribution in [3.05, 3.63) is 70.8 Å². The Morgan fingerprint density at radius 1 is 1.11 bits per heavy atom. The number of rotatable bonds is 10. The predicted octanol–water partition coefficient (Wildman–Crippen LogP) is 3.24. The van der Waals surface area contributed by atoms with Gasteiger partial charge >= 0.3 is 0 Å². The number of likely N-dealkylation sites (tertiary alicyclic amines) is 1. The highest BCUT2D eigenvalue weighted by Gasteiger charge is 2.37. The van der Waals surface area contributed by atoms with Crippen molar-refractivity contribution in [2.24, 2.45) is 0 Å². The van der Waals surface area contributed by atoms with Gasteiger partial charge in [0.2, 0.25) is 5.91 Å². The van der Waals surface area contributed by atoms with Crippen LogP contribution in [0.15, 0.2) is 42.5 Å². The minimum Gasteiger partial charge on any atom is -0.395 e. The lowest BCUT2D eigenvalue weighted by Gasteiger charge is -2.44. The lowest BCUT2D eigenvalue weighted by molar-refractivity contribution is -0.120. The summed E-state index contributed by atoms with van der Waals surface area (Å²) in [6.45, 7) is 10.4. The Hall–Kier alpha value is -2.39. The number of piperidine rings is 1. The summed E-state index contributed by atoms with van der Waals surface area (Å²) < 4.78 is 27.5. The van der Waals surface area contributed by atoms with Gasteiger partial charge in [0.05, 0.1) is 18.8 Å². The Balaban J connectivity index is 1.83. The van der Waals surface area contributed by atoms with Crippen molar-refractivity contribution >= 4 is 5.91 Å². The van der Waals surface area contributed by atoms with E-state index in [1.165, 1.54) is 24.6 Å². The molecule has 0 saturated carbocycles. The Morgan fingerprint density at radius 2 is 1.76 bits per heavy atom. The number of hydrogen-bond acceptors (Lipinski definition) is 5. The van der Waals surface area contributed by atoms with Crippen molar-refractivity contribution in [3.8, 4) is 0 Å². The van der Waals surface area contributed by atoms with Crippen LogP contribution in [-0.4, -0.2) is 66.0 Å². The number of hydrogen-bond donors (Lipinski definition) is 4. The average molecular weight is 518 g/mol. The molecule has 8 heteroatoms. The molecule has 2 aromatic rings. The molecule has 0 bridgehead atoms. The second-order valence-corrected chi connectivity index (χ2v) is 11.2. The van der Waals surface area contributed by atoms with Crippen LogP contribution in [0.3, 0.4) is 0 Å². The van der Waals surface area contributed by atoms with Crippen molar-refractivity contribution in [1.82, 2.24) is 15.5 Å². The number of nitrogens with one attached hydrogen (secondary N) is 2. The smallest absolute Gasteiger partial charge is 0.217 e. The van der Waals surface area contributed by atoms with Crippen molar-refractivity contribution in [3.63, 3.8) is 0 Å². The molecule has 1 saturated heterocycles. The highest BCUT2D eigenvalue weighted by molar-refractivity contribution is 5.73. The average Bonchev–Trinajstić information content (AvgIpc) is 2.82. The van der Waals surface area contributed by atoms with Gasteiger partial charge in [-0.05, 0) is 53.5 Å². The fourth-order valence-electron chi connectivity index (χ4n) is 5.12. The van der Waals surface area contributed by atoms with Gasteiger partial charge in [0.25, 0.3) is 0 Å². The monoisotopic (exact) mass is 517 g/mol. The Labute approximate surface area is 219 Å². The first-order valence-electron chi connectivity index (χ1n) is 13.0. The maximum absolute atomic E-state index is 13.8. The molecule has 0 aliphatic carbocycles. The van der Waals surface area contributed by atoms with Crippen LogP contribution in [-0.2, 0) is 22.2 Å². The molecule has 2 aromatic carbocycles. The minimum absolute atomic E-state index is 0.0228. The molecule has 1 heterocycles. The molecule has 3 rings (SSSR count). The SMILES string of the molecule is CC(=O)NC(Cc1cc(F)cc(F)c1)C(O)CNC1(c2cccc(C(C)(C)C)c2)CCN(CCO)CC1. The zero-order chi connectivity index (χ0) is 27.2. The van der Waals surface area contributed by atoms with E-state index in [0.717, 1.165) is 37.6 Å². The van der Waals surface area contributed by atoms with E-state index in [4.69, 9.17) is 0 Å². The van der Waals surface area contributed by atoms with Crippen molar-refractivity contribution in [2.75, 3.05) is 32.8 Å². The maximum Gasteiger partial charge on any atom is 0.217 e. The molecule has 1 fully saturated rings. The van der Waals surface area contributed by atoms with E-state index in [1.807, 2.05) is 0 Å². The third-order valence-electron chi connectivity index (χ3n) is 7.29. The van der Waals surface area contributed by atoms with E-state index < -0.39 is 29.3 Å². The summed E-state index contributed by atoms with van der Waals surface area (Å²) >= 11 is 0. The second-order valence-electron chi connectivity index (χ2n) is 11.2. The van der Waals surface area contributed by atoms with Gasteiger partial charge in [0.1, 0.15) is 11.6 Å². The minimum atomic E-state index is -0.992. The first-order valence-corrected chi connectivity index (χ1v) is 13.0.